The van der Waals surface area contributed by atoms with Crippen LogP contribution in [0.25, 0.3) is 0 Å². The van der Waals surface area contributed by atoms with E-state index in [9.17, 15) is 9.18 Å². The lowest BCUT2D eigenvalue weighted by Crippen LogP contribution is -2.19. The van der Waals surface area contributed by atoms with Crippen molar-refractivity contribution in [2.24, 2.45) is 0 Å². The molecule has 3 rings (SSSR count). The number of aryl methyl sites for hydroxylation is 1. The van der Waals surface area contributed by atoms with Gasteiger partial charge in [-0.25, -0.2) is 4.39 Å². The molecule has 3 aromatic rings. The molecular formula is C21H21FN2O3S. The van der Waals surface area contributed by atoms with Crippen LogP contribution >= 0.6 is 11.8 Å². The van der Waals surface area contributed by atoms with E-state index in [1.807, 2.05) is 30.3 Å². The van der Waals surface area contributed by atoms with E-state index in [4.69, 9.17) is 9.26 Å². The molecule has 146 valence electrons. The van der Waals surface area contributed by atoms with Gasteiger partial charge in [-0.2, -0.15) is 0 Å². The van der Waals surface area contributed by atoms with E-state index >= 15 is 0 Å². The Morgan fingerprint density at radius 3 is 2.64 bits per heavy atom. The van der Waals surface area contributed by atoms with Gasteiger partial charge in [-0.3, -0.25) is 4.79 Å². The maximum Gasteiger partial charge on any atom is 0.243 e. The van der Waals surface area contributed by atoms with Gasteiger partial charge in [0.25, 0.3) is 0 Å². The van der Waals surface area contributed by atoms with Crippen LogP contribution in [0.4, 0.5) is 10.2 Å². The van der Waals surface area contributed by atoms with Crippen LogP contribution in [-0.2, 0) is 4.79 Å². The fourth-order valence-corrected chi connectivity index (χ4v) is 3.63. The van der Waals surface area contributed by atoms with E-state index in [1.165, 1.54) is 23.9 Å². The number of benzene rings is 2. The van der Waals surface area contributed by atoms with Crippen LogP contribution < -0.4 is 10.1 Å². The molecule has 7 heteroatoms. The van der Waals surface area contributed by atoms with Crippen LogP contribution in [0.5, 0.6) is 5.75 Å². The Morgan fingerprint density at radius 2 is 1.96 bits per heavy atom. The first kappa shape index (κ1) is 19.9. The monoisotopic (exact) mass is 400 g/mol. The van der Waals surface area contributed by atoms with Gasteiger partial charge in [-0.15, -0.1) is 11.8 Å². The van der Waals surface area contributed by atoms with Crippen molar-refractivity contribution in [3.05, 3.63) is 77.8 Å². The molecule has 0 bridgehead atoms. The number of halogens is 1. The average Bonchev–Trinajstić information content (AvgIpc) is 3.11. The Morgan fingerprint density at radius 1 is 1.21 bits per heavy atom. The van der Waals surface area contributed by atoms with Gasteiger partial charge >= 0.3 is 0 Å². The van der Waals surface area contributed by atoms with Gasteiger partial charge in [0.05, 0.1) is 6.61 Å². The number of ether oxygens (including phenoxy) is 1. The lowest BCUT2D eigenvalue weighted by atomic mass is 10.1. The minimum Gasteiger partial charge on any atom is -0.494 e. The van der Waals surface area contributed by atoms with E-state index in [-0.39, 0.29) is 17.0 Å². The normalized spacial score (nSPS) is 11.8. The van der Waals surface area contributed by atoms with Crippen molar-refractivity contribution in [1.82, 2.24) is 5.16 Å². The predicted octanol–water partition coefficient (Wildman–Crippen LogP) is 5.00. The zero-order valence-corrected chi connectivity index (χ0v) is 16.2. The van der Waals surface area contributed by atoms with Crippen molar-refractivity contribution >= 4 is 23.5 Å². The third-order valence-corrected chi connectivity index (χ3v) is 5.22. The topological polar surface area (TPSA) is 64.4 Å². The van der Waals surface area contributed by atoms with Crippen LogP contribution in [0.2, 0.25) is 0 Å². The fraction of sp³-hybridized carbons (Fsp3) is 0.238. The summed E-state index contributed by atoms with van der Waals surface area (Å²) in [6.45, 7) is 2.26. The number of hydrogen-bond acceptors (Lipinski definition) is 5. The SMILES string of the molecule is Cc1cc(NC(=O)[C@@H](SCCCOc2ccc(F)cc2)c2ccccc2)no1. The van der Waals surface area contributed by atoms with Gasteiger partial charge in [-0.05, 0) is 48.9 Å². The molecule has 0 aliphatic rings. The second-order valence-electron chi connectivity index (χ2n) is 6.13. The number of rotatable bonds is 9. The molecule has 0 aliphatic heterocycles. The quantitative estimate of drug-likeness (QED) is 0.512. The lowest BCUT2D eigenvalue weighted by Gasteiger charge is -2.16. The van der Waals surface area contributed by atoms with E-state index in [0.717, 1.165) is 17.7 Å². The highest BCUT2D eigenvalue weighted by atomic mass is 32.2. The Hall–Kier alpha value is -2.80. The van der Waals surface area contributed by atoms with Gasteiger partial charge in [0.1, 0.15) is 22.6 Å². The highest BCUT2D eigenvalue weighted by molar-refractivity contribution is 8.00. The Kier molecular flexibility index (Phi) is 7.08. The summed E-state index contributed by atoms with van der Waals surface area (Å²) in [5, 5.41) is 6.25. The van der Waals surface area contributed by atoms with Gasteiger partial charge in [0.15, 0.2) is 5.82 Å². The van der Waals surface area contributed by atoms with Gasteiger partial charge < -0.3 is 14.6 Å². The largest absolute Gasteiger partial charge is 0.494 e. The molecule has 28 heavy (non-hydrogen) atoms. The molecule has 1 atom stereocenters. The summed E-state index contributed by atoms with van der Waals surface area (Å²) in [4.78, 5) is 12.8. The maximum absolute atomic E-state index is 12.9. The number of carbonyl (C=O) groups excluding carboxylic acids is 1. The van der Waals surface area contributed by atoms with E-state index in [1.54, 1.807) is 25.1 Å². The van der Waals surface area contributed by atoms with Crippen molar-refractivity contribution in [3.8, 4) is 5.75 Å². The summed E-state index contributed by atoms with van der Waals surface area (Å²) in [5.74, 6) is 1.96. The number of amides is 1. The molecule has 1 aromatic heterocycles. The fourth-order valence-electron chi connectivity index (χ4n) is 2.55. The third kappa shape index (κ3) is 5.85. The molecule has 1 heterocycles. The van der Waals surface area contributed by atoms with Gasteiger partial charge in [-0.1, -0.05) is 35.5 Å². The molecule has 1 N–H and O–H groups in total. The minimum absolute atomic E-state index is 0.149. The smallest absolute Gasteiger partial charge is 0.243 e. The molecule has 0 spiro atoms. The molecule has 0 fully saturated rings. The molecule has 0 saturated carbocycles. The van der Waals surface area contributed by atoms with Crippen molar-refractivity contribution in [1.29, 1.82) is 0 Å². The van der Waals surface area contributed by atoms with E-state index < -0.39 is 0 Å². The Bertz CT molecular complexity index is 884. The number of nitrogens with zero attached hydrogens (tertiary/aromatic N) is 1. The summed E-state index contributed by atoms with van der Waals surface area (Å²) in [6.07, 6.45) is 0.752. The predicted molar refractivity (Wildman–Crippen MR) is 108 cm³/mol. The number of thioether (sulfide) groups is 1. The zero-order valence-electron chi connectivity index (χ0n) is 15.4. The second kappa shape index (κ2) is 9.94. The van der Waals surface area contributed by atoms with Gasteiger partial charge in [0, 0.05) is 6.07 Å². The third-order valence-electron chi connectivity index (χ3n) is 3.88. The zero-order chi connectivity index (χ0) is 19.8. The van der Waals surface area contributed by atoms with Crippen LogP contribution in [0.15, 0.2) is 65.2 Å². The van der Waals surface area contributed by atoms with Crippen molar-refractivity contribution in [3.63, 3.8) is 0 Å². The summed E-state index contributed by atoms with van der Waals surface area (Å²) >= 11 is 1.54. The number of anilines is 1. The summed E-state index contributed by atoms with van der Waals surface area (Å²) in [5.41, 5.74) is 0.921. The second-order valence-corrected chi connectivity index (χ2v) is 7.34. The molecular weight excluding hydrogens is 379 g/mol. The van der Waals surface area contributed by atoms with E-state index in [0.29, 0.717) is 23.9 Å². The molecule has 1 amide bonds. The lowest BCUT2D eigenvalue weighted by molar-refractivity contribution is -0.115. The summed E-state index contributed by atoms with van der Waals surface area (Å²) < 4.78 is 23.5. The Labute approximate surface area is 167 Å². The van der Waals surface area contributed by atoms with Crippen molar-refractivity contribution in [2.75, 3.05) is 17.7 Å². The molecule has 5 nitrogen and oxygen atoms in total. The first-order valence-corrected chi connectivity index (χ1v) is 9.96. The van der Waals surface area contributed by atoms with Crippen molar-refractivity contribution < 1.29 is 18.4 Å². The molecule has 0 saturated heterocycles. The van der Waals surface area contributed by atoms with Crippen LogP contribution in [-0.4, -0.2) is 23.4 Å². The highest BCUT2D eigenvalue weighted by Gasteiger charge is 2.22. The summed E-state index contributed by atoms with van der Waals surface area (Å²) in [6, 6.07) is 17.2. The molecule has 0 aliphatic carbocycles. The highest BCUT2D eigenvalue weighted by Crippen LogP contribution is 2.30. The van der Waals surface area contributed by atoms with Gasteiger partial charge in [0.2, 0.25) is 5.91 Å². The standard InChI is InChI=1S/C21H21FN2O3S/c1-15-14-19(24-27-15)23-21(25)20(16-6-3-2-4-7-16)28-13-5-12-26-18-10-8-17(22)9-11-18/h2-4,6-11,14,20H,5,12-13H2,1H3,(H,23,24,25)/t20-/m0/s1. The van der Waals surface area contributed by atoms with Crippen molar-refractivity contribution in [2.45, 2.75) is 18.6 Å². The van der Waals surface area contributed by atoms with E-state index in [2.05, 4.69) is 10.5 Å². The maximum atomic E-state index is 12.9. The number of hydrogen-bond donors (Lipinski definition) is 1. The molecule has 0 unspecified atom stereocenters. The minimum atomic E-state index is -0.371. The molecule has 0 radical (unpaired) electrons. The van der Waals surface area contributed by atoms with Crippen LogP contribution in [0.1, 0.15) is 23.0 Å². The number of nitrogens with one attached hydrogen (secondary N) is 1. The van der Waals surface area contributed by atoms with Crippen LogP contribution in [0, 0.1) is 12.7 Å². The summed E-state index contributed by atoms with van der Waals surface area (Å²) in [7, 11) is 0. The number of carbonyl (C=O) groups is 1. The molecule has 2 aromatic carbocycles. The Balaban J connectivity index is 1.53. The van der Waals surface area contributed by atoms with Crippen LogP contribution in [0.3, 0.4) is 0 Å². The number of aromatic nitrogens is 1. The first-order valence-electron chi connectivity index (χ1n) is 8.91. The average molecular weight is 400 g/mol. The first-order chi connectivity index (χ1) is 13.6.